The number of carbonyl (C=O) groups excluding carboxylic acids is 1. The van der Waals surface area contributed by atoms with E-state index in [0.29, 0.717) is 17.9 Å². The molecule has 2 atom stereocenters. The molecule has 2 heterocycles. The van der Waals surface area contributed by atoms with Crippen LogP contribution in [0.1, 0.15) is 31.1 Å². The molecule has 0 radical (unpaired) electrons. The summed E-state index contributed by atoms with van der Waals surface area (Å²) in [5, 5.41) is 10.2. The van der Waals surface area contributed by atoms with E-state index in [0.717, 1.165) is 24.3 Å². The summed E-state index contributed by atoms with van der Waals surface area (Å²) in [6, 6.07) is 9.67. The van der Waals surface area contributed by atoms with Crippen LogP contribution in [0.15, 0.2) is 52.0 Å². The number of rotatable bonds is 6. The summed E-state index contributed by atoms with van der Waals surface area (Å²) in [7, 11) is 0. The van der Waals surface area contributed by atoms with Gasteiger partial charge in [-0.2, -0.15) is 0 Å². The Morgan fingerprint density at radius 1 is 1.38 bits per heavy atom. The van der Waals surface area contributed by atoms with Crippen molar-refractivity contribution in [1.82, 2.24) is 4.90 Å². The lowest BCUT2D eigenvalue weighted by molar-refractivity contribution is -0.129. The van der Waals surface area contributed by atoms with Gasteiger partial charge in [-0.25, -0.2) is 4.39 Å². The smallest absolute Gasteiger partial charge is 0.233 e. The highest BCUT2D eigenvalue weighted by Crippen LogP contribution is 2.29. The van der Waals surface area contributed by atoms with Crippen LogP contribution in [0.2, 0.25) is 0 Å². The largest absolute Gasteiger partial charge is 0.467 e. The molecule has 2 aromatic rings. The van der Waals surface area contributed by atoms with Crippen LogP contribution in [0.25, 0.3) is 0 Å². The van der Waals surface area contributed by atoms with E-state index >= 15 is 0 Å². The molecule has 24 heavy (non-hydrogen) atoms. The van der Waals surface area contributed by atoms with Gasteiger partial charge in [0.25, 0.3) is 0 Å². The van der Waals surface area contributed by atoms with Crippen molar-refractivity contribution in [3.8, 4) is 0 Å². The molecule has 1 N–H and O–H groups in total. The Bertz CT molecular complexity index is 659. The number of hydrogen-bond donors (Lipinski definition) is 1. The number of hydrogen-bond acceptors (Lipinski definition) is 4. The van der Waals surface area contributed by atoms with E-state index in [4.69, 9.17) is 4.42 Å². The van der Waals surface area contributed by atoms with E-state index in [1.54, 1.807) is 24.3 Å². The van der Waals surface area contributed by atoms with Crippen molar-refractivity contribution in [3.63, 3.8) is 0 Å². The third-order valence-electron chi connectivity index (χ3n) is 4.24. The van der Waals surface area contributed by atoms with Crippen molar-refractivity contribution in [2.24, 2.45) is 0 Å². The molecule has 4 nitrogen and oxygen atoms in total. The predicted octanol–water partition coefficient (Wildman–Crippen LogP) is 3.63. The fourth-order valence-corrected chi connectivity index (χ4v) is 3.81. The van der Waals surface area contributed by atoms with E-state index in [-0.39, 0.29) is 17.8 Å². The van der Waals surface area contributed by atoms with Gasteiger partial charge in [-0.1, -0.05) is 0 Å². The summed E-state index contributed by atoms with van der Waals surface area (Å²) in [6.45, 7) is 0.721. The summed E-state index contributed by atoms with van der Waals surface area (Å²) in [6.07, 6.45) is 3.17. The molecule has 1 aliphatic heterocycles. The van der Waals surface area contributed by atoms with Gasteiger partial charge < -0.3 is 14.4 Å². The summed E-state index contributed by atoms with van der Waals surface area (Å²) in [4.78, 5) is 15.2. The first kappa shape index (κ1) is 17.0. The van der Waals surface area contributed by atoms with Gasteiger partial charge in [0.1, 0.15) is 17.7 Å². The highest BCUT2D eigenvalue weighted by molar-refractivity contribution is 8.00. The molecule has 0 bridgehead atoms. The van der Waals surface area contributed by atoms with Crippen molar-refractivity contribution in [2.75, 3.05) is 12.3 Å². The van der Waals surface area contributed by atoms with E-state index in [1.807, 2.05) is 4.90 Å². The quantitative estimate of drug-likeness (QED) is 0.809. The zero-order valence-corrected chi connectivity index (χ0v) is 14.0. The molecular weight excluding hydrogens is 329 g/mol. The van der Waals surface area contributed by atoms with Gasteiger partial charge >= 0.3 is 0 Å². The predicted molar refractivity (Wildman–Crippen MR) is 90.1 cm³/mol. The maximum atomic E-state index is 12.9. The molecule has 6 heteroatoms. The maximum Gasteiger partial charge on any atom is 0.233 e. The molecule has 0 aliphatic carbocycles. The lowest BCUT2D eigenvalue weighted by Crippen LogP contribution is -2.37. The molecule has 1 aromatic carbocycles. The van der Waals surface area contributed by atoms with Crippen molar-refractivity contribution in [3.05, 3.63) is 54.2 Å². The number of aliphatic hydroxyl groups excluding tert-OH is 1. The standard InChI is InChI=1S/C18H20FNO3S/c19-13-5-7-15(8-6-13)24-12-18(22)20-9-1-3-14(20)11-16(21)17-4-2-10-23-17/h2,4-8,10,14,16,21H,1,3,9,11-12H2. The second kappa shape index (κ2) is 7.85. The first-order valence-corrected chi connectivity index (χ1v) is 9.01. The van der Waals surface area contributed by atoms with Gasteiger partial charge in [0, 0.05) is 23.9 Å². The van der Waals surface area contributed by atoms with E-state index in [1.165, 1.54) is 30.2 Å². The molecule has 1 aliphatic rings. The monoisotopic (exact) mass is 349 g/mol. The zero-order chi connectivity index (χ0) is 16.9. The van der Waals surface area contributed by atoms with Gasteiger partial charge in [-0.05, 0) is 49.2 Å². The highest BCUT2D eigenvalue weighted by Gasteiger charge is 2.31. The Morgan fingerprint density at radius 3 is 2.88 bits per heavy atom. The van der Waals surface area contributed by atoms with Crippen LogP contribution in [0.3, 0.4) is 0 Å². The second-order valence-electron chi connectivity index (χ2n) is 5.89. The van der Waals surface area contributed by atoms with Gasteiger partial charge in [0.15, 0.2) is 0 Å². The molecule has 3 rings (SSSR count). The van der Waals surface area contributed by atoms with Gasteiger partial charge in [-0.3, -0.25) is 4.79 Å². The van der Waals surface area contributed by atoms with Crippen molar-refractivity contribution in [1.29, 1.82) is 0 Å². The van der Waals surface area contributed by atoms with E-state index in [9.17, 15) is 14.3 Å². The van der Waals surface area contributed by atoms with Crippen molar-refractivity contribution >= 4 is 17.7 Å². The SMILES string of the molecule is O=C(CSc1ccc(F)cc1)N1CCCC1CC(O)c1ccco1. The molecule has 1 fully saturated rings. The second-order valence-corrected chi connectivity index (χ2v) is 6.94. The van der Waals surface area contributed by atoms with Crippen LogP contribution in [0.4, 0.5) is 4.39 Å². The number of nitrogens with zero attached hydrogens (tertiary/aromatic N) is 1. The number of furan rings is 1. The molecule has 1 saturated heterocycles. The molecular formula is C18H20FNO3S. The summed E-state index contributed by atoms with van der Waals surface area (Å²) in [5.74, 6) is 0.629. The zero-order valence-electron chi connectivity index (χ0n) is 13.2. The van der Waals surface area contributed by atoms with Crippen LogP contribution < -0.4 is 0 Å². The van der Waals surface area contributed by atoms with Crippen LogP contribution in [-0.2, 0) is 4.79 Å². The number of likely N-dealkylation sites (tertiary alicyclic amines) is 1. The first-order chi connectivity index (χ1) is 11.6. The van der Waals surface area contributed by atoms with E-state index < -0.39 is 6.10 Å². The van der Waals surface area contributed by atoms with Gasteiger partial charge in [0.2, 0.25) is 5.91 Å². The fraction of sp³-hybridized carbons (Fsp3) is 0.389. The Hall–Kier alpha value is -1.79. The lowest BCUT2D eigenvalue weighted by atomic mass is 10.1. The highest BCUT2D eigenvalue weighted by atomic mass is 32.2. The van der Waals surface area contributed by atoms with Crippen LogP contribution in [0, 0.1) is 5.82 Å². The summed E-state index contributed by atoms with van der Waals surface area (Å²) in [5.41, 5.74) is 0. The number of aliphatic hydroxyl groups is 1. The van der Waals surface area contributed by atoms with Crippen LogP contribution in [-0.4, -0.2) is 34.3 Å². The summed E-state index contributed by atoms with van der Waals surface area (Å²) >= 11 is 1.40. The lowest BCUT2D eigenvalue weighted by Gasteiger charge is -2.26. The van der Waals surface area contributed by atoms with Crippen molar-refractivity contribution in [2.45, 2.75) is 36.3 Å². The topological polar surface area (TPSA) is 53.7 Å². The molecule has 128 valence electrons. The average Bonchev–Trinajstić information content (AvgIpc) is 3.25. The molecule has 0 spiro atoms. The van der Waals surface area contributed by atoms with Crippen LogP contribution in [0.5, 0.6) is 0 Å². The minimum atomic E-state index is -0.692. The Kier molecular flexibility index (Phi) is 5.58. The Morgan fingerprint density at radius 2 is 2.17 bits per heavy atom. The average molecular weight is 349 g/mol. The van der Waals surface area contributed by atoms with Crippen molar-refractivity contribution < 1.29 is 18.7 Å². The minimum absolute atomic E-state index is 0.0337. The maximum absolute atomic E-state index is 12.9. The number of thioether (sulfide) groups is 1. The van der Waals surface area contributed by atoms with Gasteiger partial charge in [0.05, 0.1) is 12.0 Å². The molecule has 0 saturated carbocycles. The fourth-order valence-electron chi connectivity index (χ4n) is 3.02. The third-order valence-corrected chi connectivity index (χ3v) is 5.24. The summed E-state index contributed by atoms with van der Waals surface area (Å²) < 4.78 is 18.1. The third kappa shape index (κ3) is 4.19. The minimum Gasteiger partial charge on any atom is -0.467 e. The molecule has 2 unspecified atom stereocenters. The van der Waals surface area contributed by atoms with E-state index in [2.05, 4.69) is 0 Å². The molecule has 1 aromatic heterocycles. The Balaban J connectivity index is 1.54. The number of benzene rings is 1. The Labute approximate surface area is 144 Å². The normalized spacial score (nSPS) is 18.8. The van der Waals surface area contributed by atoms with Gasteiger partial charge in [-0.15, -0.1) is 11.8 Å². The molecule has 1 amide bonds. The number of carbonyl (C=O) groups is 1. The number of halogens is 1. The first-order valence-electron chi connectivity index (χ1n) is 8.03. The van der Waals surface area contributed by atoms with Crippen LogP contribution >= 0.6 is 11.8 Å². The number of amides is 1.